The molecule has 0 saturated carbocycles. The van der Waals surface area contributed by atoms with E-state index in [9.17, 15) is 20.2 Å². The summed E-state index contributed by atoms with van der Waals surface area (Å²) in [6, 6.07) is 14.8. The van der Waals surface area contributed by atoms with E-state index < -0.39 is 15.5 Å². The lowest BCUT2D eigenvalue weighted by Gasteiger charge is -2.13. The van der Waals surface area contributed by atoms with Gasteiger partial charge in [-0.15, -0.1) is 0 Å². The summed E-state index contributed by atoms with van der Waals surface area (Å²) in [6.45, 7) is 6.77. The molecule has 0 amide bonds. The van der Waals surface area contributed by atoms with Crippen LogP contribution in [0.4, 0.5) is 17.1 Å². The van der Waals surface area contributed by atoms with Crippen molar-refractivity contribution in [3.05, 3.63) is 97.1 Å². The number of benzene rings is 3. The Morgan fingerprint density at radius 1 is 0.912 bits per heavy atom. The van der Waals surface area contributed by atoms with Gasteiger partial charge in [-0.05, 0) is 56.2 Å². The zero-order valence-corrected chi connectivity index (χ0v) is 19.0. The number of ether oxygens (including phenoxy) is 2. The molecule has 3 rings (SSSR count). The van der Waals surface area contributed by atoms with Crippen LogP contribution in [0.2, 0.25) is 0 Å². The number of hydrogen-bond donors (Lipinski definition) is 1. The highest BCUT2D eigenvalue weighted by Gasteiger charge is 2.19. The topological polar surface area (TPSA) is 129 Å². The molecule has 10 heteroatoms. The highest BCUT2D eigenvalue weighted by atomic mass is 16.6. The molecule has 0 aromatic heterocycles. The number of hydrazone groups is 1. The lowest BCUT2D eigenvalue weighted by molar-refractivity contribution is -0.393. The van der Waals surface area contributed by atoms with Gasteiger partial charge in [0.05, 0.1) is 28.7 Å². The highest BCUT2D eigenvalue weighted by molar-refractivity contribution is 5.82. The molecule has 0 aliphatic rings. The van der Waals surface area contributed by atoms with Gasteiger partial charge in [-0.1, -0.05) is 29.3 Å². The Labute approximate surface area is 196 Å². The number of rotatable bonds is 10. The van der Waals surface area contributed by atoms with E-state index in [1.807, 2.05) is 20.8 Å². The van der Waals surface area contributed by atoms with E-state index in [0.29, 0.717) is 30.3 Å². The second kappa shape index (κ2) is 10.9. The van der Waals surface area contributed by atoms with Crippen molar-refractivity contribution in [2.45, 2.75) is 27.4 Å². The number of nitrogens with one attached hydrogen (secondary N) is 1. The summed E-state index contributed by atoms with van der Waals surface area (Å²) in [6.07, 6.45) is 1.46. The number of hydrogen-bond acceptors (Lipinski definition) is 8. The van der Waals surface area contributed by atoms with E-state index in [0.717, 1.165) is 22.8 Å². The maximum atomic E-state index is 11.2. The fraction of sp³-hybridized carbons (Fsp3) is 0.208. The number of aryl methyl sites for hydroxylation is 2. The minimum Gasteiger partial charge on any atom is -0.490 e. The molecular formula is C24H24N4O6. The number of nitro benzene ring substituents is 2. The second-order valence-electron chi connectivity index (χ2n) is 7.51. The average molecular weight is 464 g/mol. The van der Waals surface area contributed by atoms with Gasteiger partial charge in [-0.2, -0.15) is 5.10 Å². The largest absolute Gasteiger partial charge is 0.490 e. The smallest absolute Gasteiger partial charge is 0.301 e. The summed E-state index contributed by atoms with van der Waals surface area (Å²) < 4.78 is 11.7. The summed E-state index contributed by atoms with van der Waals surface area (Å²) >= 11 is 0. The third kappa shape index (κ3) is 6.28. The third-order valence-electron chi connectivity index (χ3n) is 4.73. The van der Waals surface area contributed by atoms with E-state index in [2.05, 4.69) is 28.7 Å². The van der Waals surface area contributed by atoms with E-state index in [4.69, 9.17) is 9.47 Å². The fourth-order valence-electron chi connectivity index (χ4n) is 3.36. The predicted molar refractivity (Wildman–Crippen MR) is 129 cm³/mol. The van der Waals surface area contributed by atoms with Crippen LogP contribution < -0.4 is 14.9 Å². The minimum absolute atomic E-state index is 0.0327. The number of nitro groups is 2. The monoisotopic (exact) mass is 464 g/mol. The van der Waals surface area contributed by atoms with Crippen LogP contribution in [-0.4, -0.2) is 22.7 Å². The molecule has 0 aliphatic heterocycles. The first-order valence-corrected chi connectivity index (χ1v) is 10.5. The van der Waals surface area contributed by atoms with Crippen molar-refractivity contribution in [2.75, 3.05) is 12.0 Å². The second-order valence-corrected chi connectivity index (χ2v) is 7.51. The van der Waals surface area contributed by atoms with E-state index in [-0.39, 0.29) is 11.4 Å². The SMILES string of the molecule is CCOc1cc(/C=N/Nc2ccc([N+](=O)[O-])cc2[N+](=O)[O-])ccc1OCc1cc(C)cc(C)c1. The molecule has 0 radical (unpaired) electrons. The number of nitrogens with zero attached hydrogens (tertiary/aromatic N) is 3. The van der Waals surface area contributed by atoms with E-state index >= 15 is 0 Å². The van der Waals surface area contributed by atoms with Gasteiger partial charge >= 0.3 is 5.69 Å². The van der Waals surface area contributed by atoms with Crippen LogP contribution in [0.1, 0.15) is 29.2 Å². The Morgan fingerprint density at radius 3 is 2.29 bits per heavy atom. The molecule has 3 aromatic carbocycles. The van der Waals surface area contributed by atoms with Crippen LogP contribution in [-0.2, 0) is 6.61 Å². The van der Waals surface area contributed by atoms with Crippen molar-refractivity contribution >= 4 is 23.3 Å². The lowest BCUT2D eigenvalue weighted by Crippen LogP contribution is -2.01. The van der Waals surface area contributed by atoms with Gasteiger partial charge in [0.25, 0.3) is 5.69 Å². The van der Waals surface area contributed by atoms with Crippen LogP contribution >= 0.6 is 0 Å². The van der Waals surface area contributed by atoms with Gasteiger partial charge in [0.2, 0.25) is 0 Å². The number of non-ortho nitro benzene ring substituents is 1. The Bertz CT molecular complexity index is 1220. The maximum absolute atomic E-state index is 11.2. The molecule has 0 unspecified atom stereocenters. The van der Waals surface area contributed by atoms with Gasteiger partial charge in [0, 0.05) is 6.07 Å². The van der Waals surface area contributed by atoms with Crippen LogP contribution in [0.5, 0.6) is 11.5 Å². The van der Waals surface area contributed by atoms with Crippen molar-refractivity contribution in [2.24, 2.45) is 5.10 Å². The molecular weight excluding hydrogens is 440 g/mol. The lowest BCUT2D eigenvalue weighted by atomic mass is 10.1. The first-order chi connectivity index (χ1) is 16.3. The molecule has 176 valence electrons. The highest BCUT2D eigenvalue weighted by Crippen LogP contribution is 2.30. The molecule has 0 fully saturated rings. The summed E-state index contributed by atoms with van der Waals surface area (Å²) in [5.74, 6) is 1.12. The molecule has 0 saturated heterocycles. The first-order valence-electron chi connectivity index (χ1n) is 10.5. The fourth-order valence-corrected chi connectivity index (χ4v) is 3.36. The molecule has 0 atom stereocenters. The third-order valence-corrected chi connectivity index (χ3v) is 4.73. The van der Waals surface area contributed by atoms with Gasteiger partial charge in [0.1, 0.15) is 12.3 Å². The average Bonchev–Trinajstić information content (AvgIpc) is 2.78. The zero-order chi connectivity index (χ0) is 24.7. The molecule has 0 heterocycles. The molecule has 0 aliphatic carbocycles. The van der Waals surface area contributed by atoms with Crippen LogP contribution in [0, 0.1) is 34.1 Å². The Balaban J connectivity index is 1.74. The quantitative estimate of drug-likeness (QED) is 0.237. The van der Waals surface area contributed by atoms with Crippen molar-refractivity contribution in [1.29, 1.82) is 0 Å². The van der Waals surface area contributed by atoms with Crippen molar-refractivity contribution in [1.82, 2.24) is 0 Å². The Kier molecular flexibility index (Phi) is 7.75. The van der Waals surface area contributed by atoms with Crippen molar-refractivity contribution in [3.8, 4) is 11.5 Å². The van der Waals surface area contributed by atoms with Crippen LogP contribution in [0.3, 0.4) is 0 Å². The number of anilines is 1. The summed E-state index contributed by atoms with van der Waals surface area (Å²) in [4.78, 5) is 20.7. The predicted octanol–water partition coefficient (Wildman–Crippen LogP) is 5.54. The van der Waals surface area contributed by atoms with E-state index in [1.54, 1.807) is 18.2 Å². The Morgan fingerprint density at radius 2 is 1.65 bits per heavy atom. The molecule has 3 aromatic rings. The normalized spacial score (nSPS) is 10.8. The summed E-state index contributed by atoms with van der Waals surface area (Å²) in [5.41, 5.74) is 5.82. The van der Waals surface area contributed by atoms with Gasteiger partial charge in [-0.25, -0.2) is 0 Å². The van der Waals surface area contributed by atoms with Gasteiger partial charge < -0.3 is 9.47 Å². The van der Waals surface area contributed by atoms with Crippen LogP contribution in [0.25, 0.3) is 0 Å². The minimum atomic E-state index is -0.708. The molecule has 1 N–H and O–H groups in total. The summed E-state index contributed by atoms with van der Waals surface area (Å²) in [7, 11) is 0. The van der Waals surface area contributed by atoms with Gasteiger partial charge in [0.15, 0.2) is 11.5 Å². The standard InChI is InChI=1S/C24H24N4O6/c1-4-33-24-12-18(5-8-23(24)34-15-19-10-16(2)9-17(3)11-19)14-25-26-21-7-6-20(27(29)30)13-22(21)28(31)32/h5-14,26H,4,15H2,1-3H3/b25-14+. The van der Waals surface area contributed by atoms with E-state index in [1.165, 1.54) is 18.3 Å². The summed E-state index contributed by atoms with van der Waals surface area (Å²) in [5, 5.41) is 26.1. The van der Waals surface area contributed by atoms with Crippen LogP contribution in [0.15, 0.2) is 59.7 Å². The van der Waals surface area contributed by atoms with Crippen molar-refractivity contribution in [3.63, 3.8) is 0 Å². The zero-order valence-electron chi connectivity index (χ0n) is 19.0. The van der Waals surface area contributed by atoms with Gasteiger partial charge in [-0.3, -0.25) is 25.7 Å². The van der Waals surface area contributed by atoms with Crippen molar-refractivity contribution < 1.29 is 19.3 Å². The molecule has 0 spiro atoms. The molecule has 0 bridgehead atoms. The Hall–Kier alpha value is -4.47. The first kappa shape index (κ1) is 24.2. The molecule has 10 nitrogen and oxygen atoms in total. The molecule has 34 heavy (non-hydrogen) atoms. The maximum Gasteiger partial charge on any atom is 0.301 e.